The molecule has 2 fully saturated rings. The van der Waals surface area contributed by atoms with Crippen LogP contribution < -0.4 is 10.2 Å². The van der Waals surface area contributed by atoms with Crippen LogP contribution in [0.3, 0.4) is 0 Å². The average molecular weight is 577 g/mol. The highest BCUT2D eigenvalue weighted by molar-refractivity contribution is 5.99. The number of fused-ring (bicyclic) bond motifs is 1. The molecule has 218 valence electrons. The van der Waals surface area contributed by atoms with Crippen LogP contribution in [-0.4, -0.2) is 87.6 Å². The first-order chi connectivity index (χ1) is 21.1. The first-order valence-electron chi connectivity index (χ1n) is 14.5. The Hall–Kier alpha value is -5.03. The van der Waals surface area contributed by atoms with E-state index < -0.39 is 0 Å². The lowest BCUT2D eigenvalue weighted by Crippen LogP contribution is -2.51. The summed E-state index contributed by atoms with van der Waals surface area (Å²) in [6.07, 6.45) is 7.47. The van der Waals surface area contributed by atoms with E-state index in [1.165, 1.54) is 0 Å². The first kappa shape index (κ1) is 26.8. The van der Waals surface area contributed by atoms with Gasteiger partial charge < -0.3 is 19.5 Å². The molecule has 0 bridgehead atoms. The molecular weight excluding hydrogens is 544 g/mol. The molecule has 2 saturated heterocycles. The summed E-state index contributed by atoms with van der Waals surface area (Å²) in [5.74, 6) is 0.639. The Morgan fingerprint density at radius 2 is 1.77 bits per heavy atom. The molecule has 0 saturated carbocycles. The molecule has 7 rings (SSSR count). The minimum Gasteiger partial charge on any atom is -0.472 e. The maximum Gasteiger partial charge on any atom is 0.236 e. The Kier molecular flexibility index (Phi) is 7.30. The molecule has 2 aromatic carbocycles. The molecular formula is C32H32N8O3. The Balaban J connectivity index is 0.894. The van der Waals surface area contributed by atoms with Crippen molar-refractivity contribution in [1.82, 2.24) is 30.0 Å². The third kappa shape index (κ3) is 5.71. The number of anilines is 2. The zero-order chi connectivity index (χ0) is 29.2. The van der Waals surface area contributed by atoms with Crippen molar-refractivity contribution < 1.29 is 14.0 Å². The van der Waals surface area contributed by atoms with Crippen molar-refractivity contribution in [3.63, 3.8) is 0 Å². The number of hydrogen-bond acceptors (Lipinski definition) is 8. The van der Waals surface area contributed by atoms with Crippen molar-refractivity contribution in [2.45, 2.75) is 6.42 Å². The molecule has 1 atom stereocenters. The number of nitrogens with zero attached hydrogens (tertiary/aromatic N) is 6. The Bertz CT molecular complexity index is 1710. The van der Waals surface area contributed by atoms with Gasteiger partial charge in [0, 0.05) is 73.0 Å². The zero-order valence-corrected chi connectivity index (χ0v) is 23.6. The number of piperazine rings is 1. The minimum atomic E-state index is -0.165. The Morgan fingerprint density at radius 1 is 0.953 bits per heavy atom. The molecule has 11 nitrogen and oxygen atoms in total. The molecule has 2 aliphatic rings. The number of carbonyl (C=O) groups excluding carboxylic acids is 2. The van der Waals surface area contributed by atoms with Crippen LogP contribution in [-0.2, 0) is 9.59 Å². The van der Waals surface area contributed by atoms with Crippen LogP contribution in [0.1, 0.15) is 6.42 Å². The summed E-state index contributed by atoms with van der Waals surface area (Å²) in [7, 11) is 0. The number of nitrogens with one attached hydrogen (secondary N) is 2. The molecule has 2 amide bonds. The Labute approximate surface area is 248 Å². The SMILES string of the molecule is O=C(Nc1ccc2[nH]nc(-c3ccoc3)c2c1)[C@@H]1CCN(CC(=O)N2CCN(c3ccc(-c4ncccn4)cc3)CC2)C1. The van der Waals surface area contributed by atoms with Gasteiger partial charge in [0.1, 0.15) is 5.69 Å². The monoisotopic (exact) mass is 576 g/mol. The second kappa shape index (κ2) is 11.7. The second-order valence-electron chi connectivity index (χ2n) is 11.0. The minimum absolute atomic E-state index is 0.0267. The predicted molar refractivity (Wildman–Crippen MR) is 163 cm³/mol. The molecule has 5 heterocycles. The summed E-state index contributed by atoms with van der Waals surface area (Å²) in [5, 5.41) is 11.4. The Morgan fingerprint density at radius 3 is 2.53 bits per heavy atom. The van der Waals surface area contributed by atoms with Gasteiger partial charge in [-0.3, -0.25) is 19.6 Å². The highest BCUT2D eigenvalue weighted by Gasteiger charge is 2.31. The molecule has 43 heavy (non-hydrogen) atoms. The molecule has 0 aliphatic carbocycles. The van der Waals surface area contributed by atoms with E-state index in [1.54, 1.807) is 31.0 Å². The molecule has 5 aromatic rings. The topological polar surface area (TPSA) is 123 Å². The van der Waals surface area contributed by atoms with E-state index in [9.17, 15) is 9.59 Å². The fourth-order valence-electron chi connectivity index (χ4n) is 5.92. The van der Waals surface area contributed by atoms with Crippen molar-refractivity contribution in [2.75, 3.05) is 56.0 Å². The number of aromatic amines is 1. The lowest BCUT2D eigenvalue weighted by molar-refractivity contribution is -0.132. The van der Waals surface area contributed by atoms with Gasteiger partial charge >= 0.3 is 0 Å². The van der Waals surface area contributed by atoms with Crippen LogP contribution >= 0.6 is 0 Å². The van der Waals surface area contributed by atoms with Gasteiger partial charge in [0.25, 0.3) is 0 Å². The number of aromatic nitrogens is 4. The highest BCUT2D eigenvalue weighted by Crippen LogP contribution is 2.29. The third-order valence-corrected chi connectivity index (χ3v) is 8.32. The van der Waals surface area contributed by atoms with Crippen molar-refractivity contribution in [1.29, 1.82) is 0 Å². The smallest absolute Gasteiger partial charge is 0.236 e. The van der Waals surface area contributed by atoms with Gasteiger partial charge in [-0.1, -0.05) is 0 Å². The van der Waals surface area contributed by atoms with Gasteiger partial charge in [0.2, 0.25) is 11.8 Å². The van der Waals surface area contributed by atoms with Crippen molar-refractivity contribution >= 4 is 34.1 Å². The van der Waals surface area contributed by atoms with E-state index in [4.69, 9.17) is 4.42 Å². The normalized spacial score (nSPS) is 17.4. The van der Waals surface area contributed by atoms with Crippen molar-refractivity contribution in [3.05, 3.63) is 79.5 Å². The van der Waals surface area contributed by atoms with Gasteiger partial charge in [0.05, 0.1) is 30.5 Å². The highest BCUT2D eigenvalue weighted by atomic mass is 16.3. The van der Waals surface area contributed by atoms with Gasteiger partial charge in [-0.25, -0.2) is 9.97 Å². The van der Waals surface area contributed by atoms with Gasteiger partial charge in [-0.05, 0) is 67.6 Å². The molecule has 2 N–H and O–H groups in total. The fourth-order valence-corrected chi connectivity index (χ4v) is 5.92. The summed E-state index contributed by atoms with van der Waals surface area (Å²) in [6.45, 7) is 4.55. The van der Waals surface area contributed by atoms with E-state index in [0.29, 0.717) is 32.0 Å². The molecule has 0 spiro atoms. The lowest BCUT2D eigenvalue weighted by atomic mass is 10.1. The van der Waals surface area contributed by atoms with Crippen LogP contribution in [0.2, 0.25) is 0 Å². The van der Waals surface area contributed by atoms with Crippen LogP contribution in [0.4, 0.5) is 11.4 Å². The van der Waals surface area contributed by atoms with Gasteiger partial charge in [0.15, 0.2) is 5.82 Å². The fraction of sp³-hybridized carbons (Fsp3) is 0.281. The third-order valence-electron chi connectivity index (χ3n) is 8.32. The summed E-state index contributed by atoms with van der Waals surface area (Å²) >= 11 is 0. The maximum absolute atomic E-state index is 13.1. The van der Waals surface area contributed by atoms with E-state index in [1.807, 2.05) is 41.3 Å². The van der Waals surface area contributed by atoms with Crippen LogP contribution in [0.15, 0.2) is 83.9 Å². The summed E-state index contributed by atoms with van der Waals surface area (Å²) < 4.78 is 5.20. The summed E-state index contributed by atoms with van der Waals surface area (Å²) in [6, 6.07) is 17.6. The largest absolute Gasteiger partial charge is 0.472 e. The number of amides is 2. The molecule has 0 radical (unpaired) electrons. The van der Waals surface area contributed by atoms with E-state index in [2.05, 4.69) is 47.4 Å². The maximum atomic E-state index is 13.1. The zero-order valence-electron chi connectivity index (χ0n) is 23.6. The number of carbonyl (C=O) groups is 2. The molecule has 3 aromatic heterocycles. The van der Waals surface area contributed by atoms with Gasteiger partial charge in [-0.2, -0.15) is 5.10 Å². The second-order valence-corrected chi connectivity index (χ2v) is 11.0. The average Bonchev–Trinajstić information content (AvgIpc) is 3.83. The van der Waals surface area contributed by atoms with Crippen molar-refractivity contribution in [2.24, 2.45) is 5.92 Å². The number of rotatable bonds is 7. The molecule has 11 heteroatoms. The van der Waals surface area contributed by atoms with Gasteiger partial charge in [-0.15, -0.1) is 0 Å². The van der Waals surface area contributed by atoms with Crippen LogP contribution in [0.25, 0.3) is 33.5 Å². The lowest BCUT2D eigenvalue weighted by Gasteiger charge is -2.36. The summed E-state index contributed by atoms with van der Waals surface area (Å²) in [5.41, 5.74) is 5.37. The van der Waals surface area contributed by atoms with Crippen LogP contribution in [0, 0.1) is 5.92 Å². The standard InChI is InChI=1S/C32H32N8O3/c41-29(40-15-13-39(14-16-40)26-5-2-22(3-6-26)31-33-10-1-11-34-31)20-38-12-8-23(19-38)32(42)35-25-4-7-28-27(18-25)30(37-36-28)24-9-17-43-21-24/h1-7,9-11,17-18,21,23H,8,12-16,19-20H2,(H,35,42)(H,36,37)/t23-/m1/s1. The quantitative estimate of drug-likeness (QED) is 0.299. The van der Waals surface area contributed by atoms with E-state index in [0.717, 1.165) is 65.2 Å². The number of furan rings is 1. The number of H-pyrrole nitrogens is 1. The van der Waals surface area contributed by atoms with Crippen molar-refractivity contribution in [3.8, 4) is 22.6 Å². The number of likely N-dealkylation sites (tertiary alicyclic amines) is 1. The van der Waals surface area contributed by atoms with Crippen LogP contribution in [0.5, 0.6) is 0 Å². The number of hydrogen-bond donors (Lipinski definition) is 2. The molecule has 0 unspecified atom stereocenters. The predicted octanol–water partition coefficient (Wildman–Crippen LogP) is 3.89. The number of benzene rings is 2. The van der Waals surface area contributed by atoms with E-state index >= 15 is 0 Å². The first-order valence-corrected chi connectivity index (χ1v) is 14.5. The molecule has 2 aliphatic heterocycles. The van der Waals surface area contributed by atoms with E-state index in [-0.39, 0.29) is 17.7 Å². The summed E-state index contributed by atoms with van der Waals surface area (Å²) in [4.78, 5) is 41.2.